The summed E-state index contributed by atoms with van der Waals surface area (Å²) in [5.74, 6) is -1.48. The molecule has 0 unspecified atom stereocenters. The fourth-order valence-electron chi connectivity index (χ4n) is 3.41. The molecule has 1 aliphatic heterocycles. The summed E-state index contributed by atoms with van der Waals surface area (Å²) in [6.07, 6.45) is -4.92. The van der Waals surface area contributed by atoms with Gasteiger partial charge < -0.3 is 15.0 Å². The minimum Gasteiger partial charge on any atom is -0.406 e. The van der Waals surface area contributed by atoms with Crippen LogP contribution in [-0.4, -0.2) is 61.5 Å². The zero-order chi connectivity index (χ0) is 25.1. The van der Waals surface area contributed by atoms with Crippen LogP contribution in [0.4, 0.5) is 13.2 Å². The molecule has 1 N–H and O–H groups in total. The van der Waals surface area contributed by atoms with Gasteiger partial charge >= 0.3 is 6.36 Å². The summed E-state index contributed by atoms with van der Waals surface area (Å²) in [7, 11) is -4.26. The third-order valence-corrected chi connectivity index (χ3v) is 7.57. The number of amides is 2. The minimum absolute atomic E-state index is 0.0698. The topological polar surface area (TPSA) is 96.0 Å². The fraction of sp³-hybridized carbons (Fsp3) is 0.333. The zero-order valence-electron chi connectivity index (χ0n) is 17.9. The van der Waals surface area contributed by atoms with Crippen LogP contribution >= 0.6 is 15.9 Å². The Hall–Kier alpha value is -2.64. The molecule has 1 aliphatic rings. The van der Waals surface area contributed by atoms with E-state index < -0.39 is 34.1 Å². The lowest BCUT2D eigenvalue weighted by Gasteiger charge is -2.39. The number of carbonyl (C=O) groups is 2. The van der Waals surface area contributed by atoms with E-state index >= 15 is 0 Å². The van der Waals surface area contributed by atoms with Gasteiger partial charge in [-0.2, -0.15) is 4.31 Å². The van der Waals surface area contributed by atoms with Crippen LogP contribution in [0.3, 0.4) is 0 Å². The summed E-state index contributed by atoms with van der Waals surface area (Å²) >= 11 is 3.32. The number of halogens is 4. The van der Waals surface area contributed by atoms with Gasteiger partial charge in [-0.15, -0.1) is 13.2 Å². The molecule has 0 saturated carbocycles. The van der Waals surface area contributed by atoms with E-state index in [9.17, 15) is 31.2 Å². The van der Waals surface area contributed by atoms with E-state index in [0.29, 0.717) is 0 Å². The van der Waals surface area contributed by atoms with Crippen molar-refractivity contribution >= 4 is 37.8 Å². The summed E-state index contributed by atoms with van der Waals surface area (Å²) < 4.78 is 69.3. The van der Waals surface area contributed by atoms with Gasteiger partial charge in [0.05, 0.1) is 4.90 Å². The maximum Gasteiger partial charge on any atom is 0.573 e. The summed E-state index contributed by atoms with van der Waals surface area (Å²) in [6, 6.07) is 9.66. The molecular weight excluding hydrogens is 543 g/mol. The predicted molar refractivity (Wildman–Crippen MR) is 119 cm³/mol. The number of hydrogen-bond donors (Lipinski definition) is 1. The normalized spacial score (nSPS) is 17.3. The van der Waals surface area contributed by atoms with Gasteiger partial charge in [-0.1, -0.05) is 28.1 Å². The highest BCUT2D eigenvalue weighted by molar-refractivity contribution is 9.10. The molecule has 1 heterocycles. The number of sulfonamides is 1. The van der Waals surface area contributed by atoms with Crippen LogP contribution in [0, 0.1) is 0 Å². The molecule has 184 valence electrons. The van der Waals surface area contributed by atoms with Gasteiger partial charge in [0, 0.05) is 37.6 Å². The summed E-state index contributed by atoms with van der Waals surface area (Å²) in [4.78, 5) is 25.9. The number of piperazine rings is 1. The number of nitrogens with zero attached hydrogens (tertiary/aromatic N) is 2. The van der Waals surface area contributed by atoms with E-state index in [1.807, 2.05) is 0 Å². The molecule has 34 heavy (non-hydrogen) atoms. The third-order valence-electron chi connectivity index (χ3n) is 5.12. The first-order valence-electron chi connectivity index (χ1n) is 10.0. The Labute approximate surface area is 202 Å². The Morgan fingerprint density at radius 2 is 1.71 bits per heavy atom. The van der Waals surface area contributed by atoms with Crippen LogP contribution in [0.2, 0.25) is 0 Å². The van der Waals surface area contributed by atoms with Crippen molar-refractivity contribution in [2.24, 2.45) is 0 Å². The molecule has 2 aromatic carbocycles. The number of benzene rings is 2. The van der Waals surface area contributed by atoms with Crippen molar-refractivity contribution in [1.29, 1.82) is 0 Å². The molecular formula is C21H21BrF3N3O5S. The van der Waals surface area contributed by atoms with Crippen molar-refractivity contribution in [1.82, 2.24) is 14.5 Å². The number of alkyl halides is 3. The Morgan fingerprint density at radius 3 is 2.26 bits per heavy atom. The van der Waals surface area contributed by atoms with Gasteiger partial charge in [0.15, 0.2) is 0 Å². The lowest BCUT2D eigenvalue weighted by Crippen LogP contribution is -2.61. The number of carbonyl (C=O) groups excluding carboxylic acids is 2. The van der Waals surface area contributed by atoms with E-state index in [4.69, 9.17) is 0 Å². The van der Waals surface area contributed by atoms with Crippen LogP contribution in [0.1, 0.15) is 12.5 Å². The largest absolute Gasteiger partial charge is 0.573 e. The number of nitrogens with one attached hydrogen (secondary N) is 1. The van der Waals surface area contributed by atoms with Crippen molar-refractivity contribution < 1.29 is 35.9 Å². The number of ether oxygens (including phenoxy) is 1. The highest BCUT2D eigenvalue weighted by atomic mass is 79.9. The monoisotopic (exact) mass is 563 g/mol. The second-order valence-corrected chi connectivity index (χ2v) is 10.3. The van der Waals surface area contributed by atoms with E-state index in [1.165, 1.54) is 11.8 Å². The fourth-order valence-corrected chi connectivity index (χ4v) is 5.25. The van der Waals surface area contributed by atoms with Crippen molar-refractivity contribution in [2.75, 3.05) is 19.6 Å². The molecule has 3 rings (SSSR count). The second-order valence-electron chi connectivity index (χ2n) is 7.46. The summed E-state index contributed by atoms with van der Waals surface area (Å²) in [5, 5.41) is 2.69. The van der Waals surface area contributed by atoms with E-state index in [0.717, 1.165) is 38.6 Å². The van der Waals surface area contributed by atoms with Gasteiger partial charge in [0.1, 0.15) is 11.8 Å². The van der Waals surface area contributed by atoms with Gasteiger partial charge in [-0.25, -0.2) is 8.42 Å². The third kappa shape index (κ3) is 6.48. The summed E-state index contributed by atoms with van der Waals surface area (Å²) in [6.45, 7) is 1.22. The quantitative estimate of drug-likeness (QED) is 0.583. The molecule has 2 aromatic rings. The molecule has 8 nitrogen and oxygen atoms in total. The molecule has 0 spiro atoms. The van der Waals surface area contributed by atoms with Crippen LogP contribution in [0.5, 0.6) is 5.75 Å². The van der Waals surface area contributed by atoms with E-state index in [-0.39, 0.29) is 37.0 Å². The molecule has 0 bridgehead atoms. The molecule has 1 atom stereocenters. The maximum absolute atomic E-state index is 13.3. The van der Waals surface area contributed by atoms with Gasteiger partial charge in [-0.3, -0.25) is 9.59 Å². The average molecular weight is 564 g/mol. The van der Waals surface area contributed by atoms with E-state index in [2.05, 4.69) is 26.0 Å². The predicted octanol–water partition coefficient (Wildman–Crippen LogP) is 2.89. The summed E-state index contributed by atoms with van der Waals surface area (Å²) in [5.41, 5.74) is 0.783. The van der Waals surface area contributed by atoms with Gasteiger partial charge in [0.25, 0.3) is 0 Å². The van der Waals surface area contributed by atoms with Crippen molar-refractivity contribution in [3.8, 4) is 5.75 Å². The Morgan fingerprint density at radius 1 is 1.09 bits per heavy atom. The van der Waals surface area contributed by atoms with Crippen LogP contribution in [0.15, 0.2) is 57.9 Å². The zero-order valence-corrected chi connectivity index (χ0v) is 20.3. The first-order chi connectivity index (χ1) is 15.9. The first kappa shape index (κ1) is 26.0. The van der Waals surface area contributed by atoms with E-state index in [1.54, 1.807) is 24.3 Å². The van der Waals surface area contributed by atoms with Crippen LogP contribution < -0.4 is 10.1 Å². The standard InChI is InChI=1S/C21H21BrF3N3O5S/c1-14(29)27-10-11-28(19(13-27)20(30)26-12-15-2-4-16(22)5-3-15)34(31,32)18-8-6-17(7-9-18)33-21(23,24)25/h2-9,19H,10-13H2,1H3,(H,26,30)/t19-/m1/s1. The molecule has 1 fully saturated rings. The Kier molecular flexibility index (Phi) is 7.88. The Bertz CT molecular complexity index is 1140. The molecule has 0 aliphatic carbocycles. The highest BCUT2D eigenvalue weighted by Crippen LogP contribution is 2.27. The maximum atomic E-state index is 13.3. The van der Waals surface area contributed by atoms with Crippen molar-refractivity contribution in [2.45, 2.75) is 30.8 Å². The minimum atomic E-state index is -4.92. The molecule has 13 heteroatoms. The molecule has 0 aromatic heterocycles. The lowest BCUT2D eigenvalue weighted by atomic mass is 10.1. The van der Waals surface area contributed by atoms with Gasteiger partial charge in [-0.05, 0) is 42.0 Å². The molecule has 0 radical (unpaired) electrons. The van der Waals surface area contributed by atoms with Crippen LogP contribution in [0.25, 0.3) is 0 Å². The average Bonchev–Trinajstić information content (AvgIpc) is 2.77. The van der Waals surface area contributed by atoms with Gasteiger partial charge in [0.2, 0.25) is 21.8 Å². The first-order valence-corrected chi connectivity index (χ1v) is 12.3. The van der Waals surface area contributed by atoms with Crippen LogP contribution in [-0.2, 0) is 26.2 Å². The SMILES string of the molecule is CC(=O)N1CCN(S(=O)(=O)c2ccc(OC(F)(F)F)cc2)[C@@H](C(=O)NCc2ccc(Br)cc2)C1. The number of hydrogen-bond acceptors (Lipinski definition) is 5. The number of rotatable bonds is 6. The second kappa shape index (κ2) is 10.3. The van der Waals surface area contributed by atoms with Crippen molar-refractivity contribution in [3.63, 3.8) is 0 Å². The van der Waals surface area contributed by atoms with Crippen molar-refractivity contribution in [3.05, 3.63) is 58.6 Å². The smallest absolute Gasteiger partial charge is 0.406 e. The highest BCUT2D eigenvalue weighted by Gasteiger charge is 2.41. The molecule has 2 amide bonds. The Balaban J connectivity index is 1.82. The molecule has 1 saturated heterocycles. The lowest BCUT2D eigenvalue weighted by molar-refractivity contribution is -0.274.